The fourth-order valence-corrected chi connectivity index (χ4v) is 10.3. The average Bonchev–Trinajstić information content (AvgIpc) is 2.70. The van der Waals surface area contributed by atoms with Crippen LogP contribution in [0.1, 0.15) is 90.4 Å². The van der Waals surface area contributed by atoms with Crippen molar-refractivity contribution in [2.24, 2.45) is 55.9 Å². The molecule has 1 aliphatic heterocycles. The Morgan fingerprint density at radius 1 is 0.533 bits per heavy atom. The highest BCUT2D eigenvalue weighted by molar-refractivity contribution is 14.1. The molecule has 8 atom stereocenters. The van der Waals surface area contributed by atoms with Gasteiger partial charge in [0.15, 0.2) is 17.7 Å². The largest absolute Gasteiger partial charge is 0.507 e. The first kappa shape index (κ1) is 71.0. The van der Waals surface area contributed by atoms with Gasteiger partial charge < -0.3 is 87.8 Å². The molecule has 1 aliphatic rings. The van der Waals surface area contributed by atoms with E-state index in [0.29, 0.717) is 31.4 Å². The number of nitrogens with two attached hydrogens (primary N) is 8. The van der Waals surface area contributed by atoms with E-state index in [0.717, 1.165) is 0 Å². The third kappa shape index (κ3) is 23.1. The van der Waals surface area contributed by atoms with Gasteiger partial charge in [0, 0.05) is 50.0 Å². The molecule has 0 spiro atoms. The number of guanidine groups is 2. The molecule has 4 aromatic rings. The van der Waals surface area contributed by atoms with Crippen LogP contribution in [0.3, 0.4) is 0 Å². The monoisotopic (exact) mass is 1360 g/mol. The number of phenolic OH excluding ortho intramolecular Hbond substituents is 1. The van der Waals surface area contributed by atoms with E-state index in [4.69, 9.17) is 45.9 Å². The number of ketones is 1. The number of likely N-dealkylation sites (tertiary alicyclic amines) is 1. The van der Waals surface area contributed by atoms with Crippen molar-refractivity contribution in [2.45, 2.75) is 125 Å². The number of carbonyl (C=O) groups excluding carboxylic acids is 11. The third-order valence-corrected chi connectivity index (χ3v) is 15.3. The summed E-state index contributed by atoms with van der Waals surface area (Å²) in [6.07, 6.45) is -1.61. The molecule has 0 aromatic heterocycles. The number of aromatic hydroxyl groups is 1. The van der Waals surface area contributed by atoms with Crippen LogP contribution in [0.5, 0.6) is 5.75 Å². The molecule has 4 aromatic carbocycles. The topological polar surface area (TPSA) is 516 Å². The Hall–Kier alpha value is -9.72. The first-order valence-corrected chi connectivity index (χ1v) is 29.9. The Morgan fingerprint density at radius 3 is 1.60 bits per heavy atom. The van der Waals surface area contributed by atoms with E-state index in [2.05, 4.69) is 41.9 Å². The smallest absolute Gasteiger partial charge is 0.245 e. The van der Waals surface area contributed by atoms with Gasteiger partial charge in [-0.1, -0.05) is 91.0 Å². The lowest BCUT2D eigenvalue weighted by molar-refractivity contribution is -0.143. The summed E-state index contributed by atoms with van der Waals surface area (Å²) >= 11 is 1.90. The van der Waals surface area contributed by atoms with Crippen LogP contribution in [0.15, 0.2) is 113 Å². The van der Waals surface area contributed by atoms with Gasteiger partial charge in [0.2, 0.25) is 59.1 Å². The normalized spacial score (nSPS) is 14.9. The van der Waals surface area contributed by atoms with Crippen molar-refractivity contribution in [3.63, 3.8) is 0 Å². The summed E-state index contributed by atoms with van der Waals surface area (Å²) in [6.45, 7) is 0.00177. The lowest BCUT2D eigenvalue weighted by atomic mass is 9.99. The number of carbonyl (C=O) groups is 11. The van der Waals surface area contributed by atoms with Crippen LogP contribution >= 0.6 is 22.6 Å². The summed E-state index contributed by atoms with van der Waals surface area (Å²) in [4.78, 5) is 159. The van der Waals surface area contributed by atoms with Gasteiger partial charge in [-0.25, -0.2) is 0 Å². The molecule has 23 N–H and O–H groups in total. The second kappa shape index (κ2) is 35.3. The second-order valence-electron chi connectivity index (χ2n) is 21.4. The Labute approximate surface area is 532 Å². The average molecular weight is 1360 g/mol. The summed E-state index contributed by atoms with van der Waals surface area (Å²) in [6, 6.07) is 16.8. The first-order valence-electron chi connectivity index (χ1n) is 28.8. The molecule has 30 heteroatoms. The molecule has 0 unspecified atom stereocenters. The van der Waals surface area contributed by atoms with E-state index in [-0.39, 0.29) is 101 Å². The molecular formula is C60H78IN17O12. The van der Waals surface area contributed by atoms with Crippen molar-refractivity contribution >= 4 is 99.4 Å². The van der Waals surface area contributed by atoms with E-state index >= 15 is 0 Å². The number of phenols is 1. The number of halogens is 1. The van der Waals surface area contributed by atoms with E-state index < -0.39 is 127 Å². The fraction of sp³-hybridized carbons (Fsp3) is 0.383. The number of amides is 10. The van der Waals surface area contributed by atoms with Gasteiger partial charge in [-0.05, 0) is 103 Å². The Bertz CT molecular complexity index is 3260. The van der Waals surface area contributed by atoms with Gasteiger partial charge in [0.1, 0.15) is 48.0 Å². The van der Waals surface area contributed by atoms with E-state index in [1.165, 1.54) is 11.0 Å². The molecule has 29 nitrogen and oxygen atoms in total. The minimum atomic E-state index is -1.84. The van der Waals surface area contributed by atoms with Crippen molar-refractivity contribution in [3.8, 4) is 5.75 Å². The SMILES string of the molecule is NC(=O)CC[C@H](NC(=O)[C@H](Cc1ccccc1)NC(=O)[C@@H](N)Cc1ccc(C(=O)c2ccccc2)cc1)C(=O)N[C@@H](CC(N)=O)C(=O)N[C@@H](CCCN=C(N)N)C(=O)N1CCC[C@@H]1C(=O)N[C@@H](CCCN=C(N)N)C(=O)N[C@@H](Cc1ccc(O)c(I)c1)C(N)=O. The zero-order valence-corrected chi connectivity index (χ0v) is 51.5. The Balaban J connectivity index is 1.34. The molecule has 482 valence electrons. The number of primary amides is 3. The van der Waals surface area contributed by atoms with E-state index in [1.807, 2.05) is 22.6 Å². The number of hydrogen-bond acceptors (Lipinski definition) is 15. The predicted molar refractivity (Wildman–Crippen MR) is 340 cm³/mol. The molecule has 0 saturated carbocycles. The Kier molecular flexibility index (Phi) is 27.9. The summed E-state index contributed by atoms with van der Waals surface area (Å²) in [7, 11) is 0. The summed E-state index contributed by atoms with van der Waals surface area (Å²) in [5.74, 6) is -9.86. The predicted octanol–water partition coefficient (Wildman–Crippen LogP) is -2.78. The molecular weight excluding hydrogens is 1280 g/mol. The number of rotatable bonds is 35. The zero-order valence-electron chi connectivity index (χ0n) is 49.3. The van der Waals surface area contributed by atoms with Gasteiger partial charge in [-0.3, -0.25) is 62.7 Å². The molecule has 1 saturated heterocycles. The maximum Gasteiger partial charge on any atom is 0.245 e. The van der Waals surface area contributed by atoms with Gasteiger partial charge in [0.05, 0.1) is 16.0 Å². The van der Waals surface area contributed by atoms with Crippen LogP contribution in [0, 0.1) is 3.57 Å². The minimum absolute atomic E-state index is 0.0000373. The number of hydrogen-bond donors (Lipinski definition) is 15. The number of aliphatic imine (C=N–C) groups is 2. The molecule has 0 bridgehead atoms. The van der Waals surface area contributed by atoms with Gasteiger partial charge in [0.25, 0.3) is 0 Å². The maximum absolute atomic E-state index is 14.7. The van der Waals surface area contributed by atoms with Gasteiger partial charge in [-0.15, -0.1) is 0 Å². The van der Waals surface area contributed by atoms with Crippen molar-refractivity contribution < 1.29 is 57.8 Å². The first-order chi connectivity index (χ1) is 42.8. The standard InChI is InChI=1S/C60H78IN17O12/c61-38-28-35(19-23-47(38)79)31-43(51(65)83)75-53(85)40(14-7-25-70-59(66)67)73-57(89)46-16-9-27-78(46)58(90)42(15-8-26-71-60(68)69)74-56(88)45(32-49(64)81)77-54(86)41(22-24-48(63)80)72-55(87)44(30-33-10-3-1-4-11-33)76-52(84)39(62)29-34-17-20-37(21-18-34)50(82)36-12-5-2-6-13-36/h1-6,10-13,17-21,23,28,39-46,79H,7-9,14-16,22,24-27,29-32,62H2,(H2,63,80)(H2,64,81)(H2,65,83)(H,72,87)(H,73,89)(H,74,88)(H,75,85)(H,76,84)(H,77,86)(H4,66,67,70)(H4,68,69,71)/t39-,40-,41-,42-,43-,44-,45-,46+/m0/s1. The summed E-state index contributed by atoms with van der Waals surface area (Å²) < 4.78 is 0.478. The summed E-state index contributed by atoms with van der Waals surface area (Å²) in [5, 5.41) is 25.5. The van der Waals surface area contributed by atoms with E-state index in [1.54, 1.807) is 97.1 Å². The number of benzene rings is 4. The van der Waals surface area contributed by atoms with Crippen LogP contribution < -0.4 is 77.8 Å². The second-order valence-corrected chi connectivity index (χ2v) is 22.6. The molecule has 1 heterocycles. The highest BCUT2D eigenvalue weighted by Crippen LogP contribution is 2.23. The third-order valence-electron chi connectivity index (χ3n) is 14.4. The van der Waals surface area contributed by atoms with Crippen LogP contribution in [-0.2, 0) is 67.2 Å². The molecule has 90 heavy (non-hydrogen) atoms. The molecule has 5 rings (SSSR count). The molecule has 1 fully saturated rings. The lowest BCUT2D eigenvalue weighted by Crippen LogP contribution is -2.60. The Morgan fingerprint density at radius 2 is 1.02 bits per heavy atom. The summed E-state index contributed by atoms with van der Waals surface area (Å²) in [5.41, 5.74) is 47.9. The zero-order chi connectivity index (χ0) is 66.0. The highest BCUT2D eigenvalue weighted by atomic mass is 127. The van der Waals surface area contributed by atoms with E-state index in [9.17, 15) is 57.8 Å². The maximum atomic E-state index is 14.7. The quantitative estimate of drug-likeness (QED) is 0.00728. The lowest BCUT2D eigenvalue weighted by Gasteiger charge is -2.31. The van der Waals surface area contributed by atoms with Crippen LogP contribution in [0.25, 0.3) is 0 Å². The van der Waals surface area contributed by atoms with Gasteiger partial charge >= 0.3 is 0 Å². The molecule has 0 radical (unpaired) electrons. The van der Waals surface area contributed by atoms with Crippen LogP contribution in [-0.4, -0.2) is 155 Å². The van der Waals surface area contributed by atoms with Gasteiger partial charge in [-0.2, -0.15) is 0 Å². The van der Waals surface area contributed by atoms with Crippen LogP contribution in [0.4, 0.5) is 0 Å². The molecule has 0 aliphatic carbocycles. The number of nitrogens with zero attached hydrogens (tertiary/aromatic N) is 3. The number of nitrogens with one attached hydrogen (secondary N) is 6. The highest BCUT2D eigenvalue weighted by Gasteiger charge is 2.40. The van der Waals surface area contributed by atoms with Crippen molar-refractivity contribution in [3.05, 3.63) is 135 Å². The fourth-order valence-electron chi connectivity index (χ4n) is 9.73. The van der Waals surface area contributed by atoms with Crippen LogP contribution in [0.2, 0.25) is 0 Å². The van der Waals surface area contributed by atoms with Crippen molar-refractivity contribution in [2.75, 3.05) is 19.6 Å². The van der Waals surface area contributed by atoms with Crippen molar-refractivity contribution in [1.82, 2.24) is 36.8 Å². The molecule has 10 amide bonds. The van der Waals surface area contributed by atoms with Crippen molar-refractivity contribution in [1.29, 1.82) is 0 Å². The minimum Gasteiger partial charge on any atom is -0.507 e.